The highest BCUT2D eigenvalue weighted by atomic mass is 16.3. The van der Waals surface area contributed by atoms with Crippen molar-refractivity contribution in [3.05, 3.63) is 0 Å². The second-order valence-corrected chi connectivity index (χ2v) is 5.34. The zero-order valence-corrected chi connectivity index (χ0v) is 9.78. The van der Waals surface area contributed by atoms with E-state index in [9.17, 15) is 5.11 Å². The largest absolute Gasteiger partial charge is 0.390 e. The number of β-amino-alcohol motifs (C(OH)–C–C–N with tert-alkyl or cyclic N) is 1. The summed E-state index contributed by atoms with van der Waals surface area (Å²) in [4.78, 5) is 2.41. The Kier molecular flexibility index (Phi) is 4.00. The van der Waals surface area contributed by atoms with Crippen molar-refractivity contribution in [1.29, 1.82) is 0 Å². The van der Waals surface area contributed by atoms with Crippen molar-refractivity contribution in [2.24, 2.45) is 5.92 Å². The van der Waals surface area contributed by atoms with E-state index in [0.29, 0.717) is 6.04 Å². The Morgan fingerprint density at radius 2 is 2.20 bits per heavy atom. The molecule has 1 aliphatic heterocycles. The van der Waals surface area contributed by atoms with Crippen LogP contribution in [0.1, 0.15) is 32.6 Å². The Morgan fingerprint density at radius 3 is 2.87 bits per heavy atom. The van der Waals surface area contributed by atoms with Crippen LogP contribution in [0.4, 0.5) is 0 Å². The van der Waals surface area contributed by atoms with Gasteiger partial charge < -0.3 is 15.3 Å². The molecule has 0 aromatic heterocycles. The molecule has 2 fully saturated rings. The van der Waals surface area contributed by atoms with Gasteiger partial charge in [-0.25, -0.2) is 0 Å². The van der Waals surface area contributed by atoms with Gasteiger partial charge in [0.2, 0.25) is 0 Å². The fourth-order valence-corrected chi connectivity index (χ4v) is 2.41. The number of aliphatic hydroxyl groups excluding tert-OH is 1. The van der Waals surface area contributed by atoms with Crippen LogP contribution in [0.3, 0.4) is 0 Å². The summed E-state index contributed by atoms with van der Waals surface area (Å²) in [5, 5.41) is 13.2. The van der Waals surface area contributed by atoms with Crippen molar-refractivity contribution in [1.82, 2.24) is 10.2 Å². The van der Waals surface area contributed by atoms with Crippen molar-refractivity contribution >= 4 is 0 Å². The van der Waals surface area contributed by atoms with Crippen LogP contribution in [0.5, 0.6) is 0 Å². The van der Waals surface area contributed by atoms with E-state index in [1.807, 2.05) is 0 Å². The molecular formula is C12H24N2O. The Balaban J connectivity index is 1.61. The van der Waals surface area contributed by atoms with Crippen LogP contribution >= 0.6 is 0 Å². The Labute approximate surface area is 92.8 Å². The van der Waals surface area contributed by atoms with Crippen LogP contribution in [0.2, 0.25) is 0 Å². The Hall–Kier alpha value is -0.120. The molecule has 1 saturated carbocycles. The minimum Gasteiger partial charge on any atom is -0.390 e. The highest BCUT2D eigenvalue weighted by Crippen LogP contribution is 2.19. The first-order valence-corrected chi connectivity index (χ1v) is 6.38. The summed E-state index contributed by atoms with van der Waals surface area (Å²) in [6.07, 6.45) is 5.06. The first-order chi connectivity index (χ1) is 7.24. The fourth-order valence-electron chi connectivity index (χ4n) is 2.41. The third-order valence-corrected chi connectivity index (χ3v) is 3.43. The van der Waals surface area contributed by atoms with Crippen LogP contribution in [-0.2, 0) is 0 Å². The minimum absolute atomic E-state index is 0.184. The lowest BCUT2D eigenvalue weighted by Crippen LogP contribution is -2.43. The number of aliphatic hydroxyl groups is 1. The summed E-state index contributed by atoms with van der Waals surface area (Å²) >= 11 is 0. The SMILES string of the molecule is C[C@H]1CCCN(C[C@H](O)CNC2CC2)C1. The van der Waals surface area contributed by atoms with E-state index in [0.717, 1.165) is 19.0 Å². The molecule has 1 heterocycles. The number of nitrogens with zero attached hydrogens (tertiary/aromatic N) is 1. The molecule has 1 aliphatic carbocycles. The van der Waals surface area contributed by atoms with Gasteiger partial charge in [0.05, 0.1) is 6.10 Å². The van der Waals surface area contributed by atoms with Gasteiger partial charge in [-0.2, -0.15) is 0 Å². The van der Waals surface area contributed by atoms with E-state index in [4.69, 9.17) is 0 Å². The Bertz CT molecular complexity index is 194. The third-order valence-electron chi connectivity index (χ3n) is 3.43. The summed E-state index contributed by atoms with van der Waals surface area (Å²) in [6, 6.07) is 0.708. The van der Waals surface area contributed by atoms with E-state index in [1.54, 1.807) is 0 Å². The van der Waals surface area contributed by atoms with Crippen LogP contribution in [0.25, 0.3) is 0 Å². The molecule has 1 saturated heterocycles. The van der Waals surface area contributed by atoms with Crippen molar-refractivity contribution < 1.29 is 5.11 Å². The molecular weight excluding hydrogens is 188 g/mol. The molecule has 0 aromatic carbocycles. The molecule has 0 amide bonds. The van der Waals surface area contributed by atoms with Gasteiger partial charge in [-0.05, 0) is 38.1 Å². The number of rotatable bonds is 5. The topological polar surface area (TPSA) is 35.5 Å². The van der Waals surface area contributed by atoms with Crippen molar-refractivity contribution in [3.63, 3.8) is 0 Å². The molecule has 0 bridgehead atoms. The highest BCUT2D eigenvalue weighted by molar-refractivity contribution is 4.82. The predicted molar refractivity (Wildman–Crippen MR) is 61.9 cm³/mol. The first-order valence-electron chi connectivity index (χ1n) is 6.38. The molecule has 2 aliphatic rings. The van der Waals surface area contributed by atoms with Crippen molar-refractivity contribution in [3.8, 4) is 0 Å². The van der Waals surface area contributed by atoms with Crippen molar-refractivity contribution in [2.75, 3.05) is 26.2 Å². The molecule has 0 radical (unpaired) electrons. The van der Waals surface area contributed by atoms with Crippen molar-refractivity contribution in [2.45, 2.75) is 44.8 Å². The average molecular weight is 212 g/mol. The van der Waals surface area contributed by atoms with E-state index < -0.39 is 0 Å². The van der Waals surface area contributed by atoms with E-state index in [2.05, 4.69) is 17.1 Å². The molecule has 0 spiro atoms. The van der Waals surface area contributed by atoms with Gasteiger partial charge in [0, 0.05) is 25.7 Å². The standard InChI is InChI=1S/C12H24N2O/c1-10-3-2-6-14(8-10)9-12(15)7-13-11-4-5-11/h10-13,15H,2-9H2,1H3/t10-,12+/m0/s1. The summed E-state index contributed by atoms with van der Waals surface area (Å²) in [5.41, 5.74) is 0. The molecule has 2 N–H and O–H groups in total. The molecule has 0 aromatic rings. The maximum absolute atomic E-state index is 9.86. The summed E-state index contributed by atoms with van der Waals surface area (Å²) in [7, 11) is 0. The number of hydrogen-bond donors (Lipinski definition) is 2. The lowest BCUT2D eigenvalue weighted by Gasteiger charge is -2.32. The lowest BCUT2D eigenvalue weighted by molar-refractivity contribution is 0.0868. The molecule has 2 atom stereocenters. The summed E-state index contributed by atoms with van der Waals surface area (Å²) < 4.78 is 0. The van der Waals surface area contributed by atoms with Crippen LogP contribution < -0.4 is 5.32 Å². The maximum atomic E-state index is 9.86. The smallest absolute Gasteiger partial charge is 0.0791 e. The van der Waals surface area contributed by atoms with E-state index in [1.165, 1.54) is 38.8 Å². The molecule has 0 unspecified atom stereocenters. The minimum atomic E-state index is -0.184. The van der Waals surface area contributed by atoms with Crippen LogP contribution in [0, 0.1) is 5.92 Å². The van der Waals surface area contributed by atoms with Crippen LogP contribution in [-0.4, -0.2) is 48.3 Å². The van der Waals surface area contributed by atoms with Crippen LogP contribution in [0.15, 0.2) is 0 Å². The van der Waals surface area contributed by atoms with Gasteiger partial charge >= 0.3 is 0 Å². The lowest BCUT2D eigenvalue weighted by atomic mass is 10.00. The molecule has 88 valence electrons. The number of likely N-dealkylation sites (tertiary alicyclic amines) is 1. The van der Waals surface area contributed by atoms with Gasteiger partial charge in [0.15, 0.2) is 0 Å². The quantitative estimate of drug-likeness (QED) is 0.708. The second-order valence-electron chi connectivity index (χ2n) is 5.34. The molecule has 3 heteroatoms. The zero-order valence-electron chi connectivity index (χ0n) is 9.78. The second kappa shape index (κ2) is 5.28. The van der Waals surface area contributed by atoms with Gasteiger partial charge in [-0.15, -0.1) is 0 Å². The highest BCUT2D eigenvalue weighted by Gasteiger charge is 2.23. The number of piperidine rings is 1. The molecule has 2 rings (SSSR count). The molecule has 15 heavy (non-hydrogen) atoms. The normalized spacial score (nSPS) is 30.4. The van der Waals surface area contributed by atoms with E-state index >= 15 is 0 Å². The van der Waals surface area contributed by atoms with E-state index in [-0.39, 0.29) is 6.10 Å². The van der Waals surface area contributed by atoms with Gasteiger partial charge in [0.25, 0.3) is 0 Å². The number of nitrogens with one attached hydrogen (secondary N) is 1. The summed E-state index contributed by atoms with van der Waals surface area (Å²) in [6.45, 7) is 6.27. The first kappa shape index (κ1) is 11.4. The van der Waals surface area contributed by atoms with Gasteiger partial charge in [0.1, 0.15) is 0 Å². The number of hydrogen-bond acceptors (Lipinski definition) is 3. The Morgan fingerprint density at radius 1 is 1.40 bits per heavy atom. The predicted octanol–water partition coefficient (Wildman–Crippen LogP) is 0.831. The molecule has 3 nitrogen and oxygen atoms in total. The average Bonchev–Trinajstić information content (AvgIpc) is 2.98. The summed E-state index contributed by atoms with van der Waals surface area (Å²) in [5.74, 6) is 0.808. The van der Waals surface area contributed by atoms with Gasteiger partial charge in [-0.3, -0.25) is 0 Å². The maximum Gasteiger partial charge on any atom is 0.0791 e. The fraction of sp³-hybridized carbons (Fsp3) is 1.00. The third kappa shape index (κ3) is 4.09. The van der Waals surface area contributed by atoms with Gasteiger partial charge in [-0.1, -0.05) is 6.92 Å². The zero-order chi connectivity index (χ0) is 10.7. The monoisotopic (exact) mass is 212 g/mol.